The standard InChI is InChI=1S/C11H12N2O2/c1-2-3-11(14)13-8-4-5-9-10(6-8)15-7-12-9/h4-7H,2-3H2,1H3,(H,13,14). The second-order valence-corrected chi connectivity index (χ2v) is 3.33. The van der Waals surface area contributed by atoms with Gasteiger partial charge in [0.1, 0.15) is 5.52 Å². The van der Waals surface area contributed by atoms with E-state index in [0.717, 1.165) is 17.6 Å². The van der Waals surface area contributed by atoms with Crippen molar-refractivity contribution in [3.63, 3.8) is 0 Å². The van der Waals surface area contributed by atoms with Gasteiger partial charge in [0.05, 0.1) is 0 Å². The Hall–Kier alpha value is -1.84. The number of benzene rings is 1. The number of anilines is 1. The van der Waals surface area contributed by atoms with E-state index in [-0.39, 0.29) is 5.91 Å². The minimum atomic E-state index is 0.0244. The Morgan fingerprint density at radius 2 is 2.40 bits per heavy atom. The molecule has 0 spiro atoms. The second kappa shape index (κ2) is 4.13. The van der Waals surface area contributed by atoms with Crippen LogP contribution in [0.1, 0.15) is 19.8 Å². The van der Waals surface area contributed by atoms with Crippen LogP contribution < -0.4 is 5.32 Å². The van der Waals surface area contributed by atoms with Crippen LogP contribution in [-0.4, -0.2) is 10.9 Å². The summed E-state index contributed by atoms with van der Waals surface area (Å²) in [6.07, 6.45) is 2.77. The fraction of sp³-hybridized carbons (Fsp3) is 0.273. The van der Waals surface area contributed by atoms with Crippen LogP contribution in [-0.2, 0) is 4.79 Å². The number of hydrogen-bond donors (Lipinski definition) is 1. The molecule has 0 unspecified atom stereocenters. The largest absolute Gasteiger partial charge is 0.443 e. The van der Waals surface area contributed by atoms with E-state index in [0.29, 0.717) is 12.0 Å². The molecule has 4 nitrogen and oxygen atoms in total. The maximum atomic E-state index is 11.3. The van der Waals surface area contributed by atoms with Gasteiger partial charge in [0.2, 0.25) is 5.91 Å². The molecule has 2 aromatic rings. The number of nitrogens with one attached hydrogen (secondary N) is 1. The third kappa shape index (κ3) is 2.15. The highest BCUT2D eigenvalue weighted by Gasteiger charge is 2.03. The molecule has 0 radical (unpaired) electrons. The SMILES string of the molecule is CCCC(=O)Nc1ccc2ncoc2c1. The Morgan fingerprint density at radius 1 is 1.53 bits per heavy atom. The summed E-state index contributed by atoms with van der Waals surface area (Å²) in [4.78, 5) is 15.3. The van der Waals surface area contributed by atoms with Gasteiger partial charge < -0.3 is 9.73 Å². The van der Waals surface area contributed by atoms with E-state index in [1.54, 1.807) is 6.07 Å². The van der Waals surface area contributed by atoms with Crippen molar-refractivity contribution in [2.45, 2.75) is 19.8 Å². The molecule has 2 rings (SSSR count). The van der Waals surface area contributed by atoms with Crippen molar-refractivity contribution in [3.05, 3.63) is 24.6 Å². The highest BCUT2D eigenvalue weighted by atomic mass is 16.3. The highest BCUT2D eigenvalue weighted by molar-refractivity contribution is 5.92. The van der Waals surface area contributed by atoms with Gasteiger partial charge in [0, 0.05) is 18.2 Å². The molecule has 0 atom stereocenters. The van der Waals surface area contributed by atoms with Crippen molar-refractivity contribution in [2.75, 3.05) is 5.32 Å². The molecular formula is C11H12N2O2. The molecule has 0 aliphatic heterocycles. The minimum Gasteiger partial charge on any atom is -0.443 e. The number of carbonyl (C=O) groups excluding carboxylic acids is 1. The first-order valence-electron chi connectivity index (χ1n) is 4.92. The lowest BCUT2D eigenvalue weighted by Gasteiger charge is -2.02. The van der Waals surface area contributed by atoms with Crippen LogP contribution >= 0.6 is 0 Å². The van der Waals surface area contributed by atoms with E-state index >= 15 is 0 Å². The third-order valence-corrected chi connectivity index (χ3v) is 2.09. The van der Waals surface area contributed by atoms with Crippen molar-refractivity contribution >= 4 is 22.7 Å². The van der Waals surface area contributed by atoms with Gasteiger partial charge in [-0.1, -0.05) is 6.92 Å². The lowest BCUT2D eigenvalue weighted by atomic mass is 10.2. The summed E-state index contributed by atoms with van der Waals surface area (Å²) in [5, 5.41) is 2.80. The van der Waals surface area contributed by atoms with E-state index in [2.05, 4.69) is 10.3 Å². The molecule has 0 saturated carbocycles. The van der Waals surface area contributed by atoms with E-state index in [1.807, 2.05) is 19.1 Å². The first-order chi connectivity index (χ1) is 7.29. The zero-order chi connectivity index (χ0) is 10.7. The van der Waals surface area contributed by atoms with Gasteiger partial charge in [0.15, 0.2) is 12.0 Å². The number of nitrogens with zero attached hydrogens (tertiary/aromatic N) is 1. The topological polar surface area (TPSA) is 55.1 Å². The number of aromatic nitrogens is 1. The van der Waals surface area contributed by atoms with Crippen LogP contribution in [0.5, 0.6) is 0 Å². The maximum Gasteiger partial charge on any atom is 0.224 e. The Balaban J connectivity index is 2.17. The molecule has 1 aromatic carbocycles. The van der Waals surface area contributed by atoms with Crippen molar-refractivity contribution < 1.29 is 9.21 Å². The van der Waals surface area contributed by atoms with Crippen molar-refractivity contribution in [2.24, 2.45) is 0 Å². The summed E-state index contributed by atoms with van der Waals surface area (Å²) in [5.41, 5.74) is 2.23. The Labute approximate surface area is 87.3 Å². The lowest BCUT2D eigenvalue weighted by Crippen LogP contribution is -2.10. The molecule has 4 heteroatoms. The molecular weight excluding hydrogens is 192 g/mol. The number of carbonyl (C=O) groups is 1. The van der Waals surface area contributed by atoms with E-state index in [9.17, 15) is 4.79 Å². The zero-order valence-electron chi connectivity index (χ0n) is 8.49. The Kier molecular flexibility index (Phi) is 2.67. The number of fused-ring (bicyclic) bond motifs is 1. The maximum absolute atomic E-state index is 11.3. The van der Waals surface area contributed by atoms with Gasteiger partial charge >= 0.3 is 0 Å². The van der Waals surface area contributed by atoms with Crippen molar-refractivity contribution in [1.82, 2.24) is 4.98 Å². The predicted octanol–water partition coefficient (Wildman–Crippen LogP) is 2.57. The summed E-state index contributed by atoms with van der Waals surface area (Å²) in [6.45, 7) is 1.97. The summed E-state index contributed by atoms with van der Waals surface area (Å²) < 4.78 is 5.14. The summed E-state index contributed by atoms with van der Waals surface area (Å²) >= 11 is 0. The molecule has 0 bridgehead atoms. The van der Waals surface area contributed by atoms with Crippen LogP contribution in [0, 0.1) is 0 Å². The average molecular weight is 204 g/mol. The molecule has 0 saturated heterocycles. The van der Waals surface area contributed by atoms with Crippen molar-refractivity contribution in [1.29, 1.82) is 0 Å². The summed E-state index contributed by atoms with van der Waals surface area (Å²) in [6, 6.07) is 5.41. The monoisotopic (exact) mass is 204 g/mol. The van der Waals surface area contributed by atoms with Gasteiger partial charge in [-0.25, -0.2) is 4.98 Å². The molecule has 1 aromatic heterocycles. The molecule has 0 fully saturated rings. The Morgan fingerprint density at radius 3 is 3.20 bits per heavy atom. The molecule has 1 amide bonds. The molecule has 15 heavy (non-hydrogen) atoms. The van der Waals surface area contributed by atoms with Crippen LogP contribution in [0.3, 0.4) is 0 Å². The van der Waals surface area contributed by atoms with Gasteiger partial charge in [-0.05, 0) is 18.6 Å². The average Bonchev–Trinajstić information content (AvgIpc) is 2.65. The molecule has 1 heterocycles. The molecule has 0 aliphatic carbocycles. The first kappa shape index (κ1) is 9.71. The van der Waals surface area contributed by atoms with E-state index < -0.39 is 0 Å². The number of amides is 1. The number of rotatable bonds is 3. The number of oxazole rings is 1. The quantitative estimate of drug-likeness (QED) is 0.835. The molecule has 1 N–H and O–H groups in total. The molecule has 78 valence electrons. The summed E-state index contributed by atoms with van der Waals surface area (Å²) in [5.74, 6) is 0.0244. The number of hydrogen-bond acceptors (Lipinski definition) is 3. The predicted molar refractivity (Wildman–Crippen MR) is 57.5 cm³/mol. The van der Waals surface area contributed by atoms with Crippen LogP contribution in [0.2, 0.25) is 0 Å². The van der Waals surface area contributed by atoms with Gasteiger partial charge in [-0.2, -0.15) is 0 Å². The third-order valence-electron chi connectivity index (χ3n) is 2.09. The first-order valence-corrected chi connectivity index (χ1v) is 4.92. The lowest BCUT2D eigenvalue weighted by molar-refractivity contribution is -0.116. The van der Waals surface area contributed by atoms with Crippen LogP contribution in [0.15, 0.2) is 29.0 Å². The van der Waals surface area contributed by atoms with E-state index in [1.165, 1.54) is 6.39 Å². The summed E-state index contributed by atoms with van der Waals surface area (Å²) in [7, 11) is 0. The normalized spacial score (nSPS) is 10.5. The van der Waals surface area contributed by atoms with E-state index in [4.69, 9.17) is 4.42 Å². The highest BCUT2D eigenvalue weighted by Crippen LogP contribution is 2.17. The van der Waals surface area contributed by atoms with Gasteiger partial charge in [0.25, 0.3) is 0 Å². The zero-order valence-corrected chi connectivity index (χ0v) is 8.49. The second-order valence-electron chi connectivity index (χ2n) is 3.33. The molecule has 0 aliphatic rings. The fourth-order valence-corrected chi connectivity index (χ4v) is 1.38. The van der Waals surface area contributed by atoms with Crippen LogP contribution in [0.25, 0.3) is 11.1 Å². The Bertz CT molecular complexity index is 476. The van der Waals surface area contributed by atoms with Crippen molar-refractivity contribution in [3.8, 4) is 0 Å². The minimum absolute atomic E-state index is 0.0244. The van der Waals surface area contributed by atoms with Gasteiger partial charge in [-0.3, -0.25) is 4.79 Å². The smallest absolute Gasteiger partial charge is 0.224 e. The van der Waals surface area contributed by atoms with Gasteiger partial charge in [-0.15, -0.1) is 0 Å². The van der Waals surface area contributed by atoms with Crippen LogP contribution in [0.4, 0.5) is 5.69 Å². The fourth-order valence-electron chi connectivity index (χ4n) is 1.38.